The van der Waals surface area contributed by atoms with Gasteiger partial charge in [-0.2, -0.15) is 0 Å². The second-order valence-corrected chi connectivity index (χ2v) is 6.28. The van der Waals surface area contributed by atoms with Gasteiger partial charge < -0.3 is 10.1 Å². The van der Waals surface area contributed by atoms with Crippen molar-refractivity contribution in [3.05, 3.63) is 83.1 Å². The summed E-state index contributed by atoms with van der Waals surface area (Å²) in [6.45, 7) is 2.03. The van der Waals surface area contributed by atoms with E-state index in [4.69, 9.17) is 4.74 Å². The SMILES string of the molecule is COc1ccc2cc(/C=C3\N=C(c4ccc(C)cc4)NC3=O)ccc2c1. The van der Waals surface area contributed by atoms with E-state index >= 15 is 0 Å². The van der Waals surface area contributed by atoms with Crippen molar-refractivity contribution < 1.29 is 9.53 Å². The molecule has 0 aliphatic carbocycles. The maximum atomic E-state index is 12.3. The van der Waals surface area contributed by atoms with E-state index in [1.165, 1.54) is 5.56 Å². The Hall–Kier alpha value is -3.40. The van der Waals surface area contributed by atoms with Gasteiger partial charge in [0.15, 0.2) is 0 Å². The Labute approximate surface area is 151 Å². The summed E-state index contributed by atoms with van der Waals surface area (Å²) in [5.74, 6) is 1.23. The molecule has 0 radical (unpaired) electrons. The number of hydrogen-bond donors (Lipinski definition) is 1. The summed E-state index contributed by atoms with van der Waals surface area (Å²) in [4.78, 5) is 16.7. The molecule has 0 aromatic heterocycles. The van der Waals surface area contributed by atoms with Gasteiger partial charge in [0.1, 0.15) is 17.3 Å². The lowest BCUT2D eigenvalue weighted by molar-refractivity contribution is -0.115. The Morgan fingerprint density at radius 1 is 0.962 bits per heavy atom. The standard InChI is InChI=1S/C22H18N2O2/c1-14-3-6-16(7-4-14)21-23-20(22(25)24-21)12-15-5-8-18-13-19(26-2)10-9-17(18)11-15/h3-13H,1-2H3,(H,23,24,25)/b20-12-. The first kappa shape index (κ1) is 16.1. The van der Waals surface area contributed by atoms with Crippen LogP contribution in [0.4, 0.5) is 0 Å². The van der Waals surface area contributed by atoms with Crippen LogP contribution in [0.3, 0.4) is 0 Å². The van der Waals surface area contributed by atoms with Crippen molar-refractivity contribution in [3.63, 3.8) is 0 Å². The van der Waals surface area contributed by atoms with Gasteiger partial charge in [0.2, 0.25) is 0 Å². The average Bonchev–Trinajstić information content (AvgIpc) is 3.02. The Morgan fingerprint density at radius 2 is 1.69 bits per heavy atom. The first-order valence-corrected chi connectivity index (χ1v) is 8.39. The number of ether oxygens (including phenoxy) is 1. The van der Waals surface area contributed by atoms with E-state index in [0.29, 0.717) is 11.5 Å². The number of aryl methyl sites for hydroxylation is 1. The fourth-order valence-corrected chi connectivity index (χ4v) is 2.93. The van der Waals surface area contributed by atoms with Gasteiger partial charge in [-0.25, -0.2) is 4.99 Å². The van der Waals surface area contributed by atoms with Crippen LogP contribution in [0.1, 0.15) is 16.7 Å². The van der Waals surface area contributed by atoms with Crippen LogP contribution in [0.5, 0.6) is 5.75 Å². The second-order valence-electron chi connectivity index (χ2n) is 6.28. The van der Waals surface area contributed by atoms with Gasteiger partial charge in [0.05, 0.1) is 7.11 Å². The first-order valence-electron chi connectivity index (χ1n) is 8.39. The summed E-state index contributed by atoms with van der Waals surface area (Å²) >= 11 is 0. The van der Waals surface area contributed by atoms with Crippen LogP contribution in [-0.4, -0.2) is 18.9 Å². The first-order chi connectivity index (χ1) is 12.6. The monoisotopic (exact) mass is 342 g/mol. The minimum absolute atomic E-state index is 0.185. The number of aliphatic imine (C=N–C) groups is 1. The predicted octanol–water partition coefficient (Wildman–Crippen LogP) is 4.07. The molecule has 3 aromatic rings. The van der Waals surface area contributed by atoms with Gasteiger partial charge in [0.25, 0.3) is 5.91 Å². The quantitative estimate of drug-likeness (QED) is 0.729. The predicted molar refractivity (Wildman–Crippen MR) is 104 cm³/mol. The van der Waals surface area contributed by atoms with E-state index in [-0.39, 0.29) is 5.91 Å². The minimum atomic E-state index is -0.185. The molecule has 0 unspecified atom stereocenters. The Balaban J connectivity index is 1.67. The number of hydrogen-bond acceptors (Lipinski definition) is 3. The normalized spacial score (nSPS) is 15.2. The highest BCUT2D eigenvalue weighted by molar-refractivity contribution is 6.19. The molecular weight excluding hydrogens is 324 g/mol. The van der Waals surface area contributed by atoms with Gasteiger partial charge in [-0.05, 0) is 47.5 Å². The minimum Gasteiger partial charge on any atom is -0.497 e. The molecule has 0 atom stereocenters. The molecule has 0 spiro atoms. The third-order valence-electron chi connectivity index (χ3n) is 4.40. The van der Waals surface area contributed by atoms with E-state index < -0.39 is 0 Å². The molecule has 1 aliphatic heterocycles. The van der Waals surface area contributed by atoms with Crippen LogP contribution in [0.25, 0.3) is 16.8 Å². The van der Waals surface area contributed by atoms with E-state index in [2.05, 4.69) is 10.3 Å². The molecule has 4 nitrogen and oxygen atoms in total. The lowest BCUT2D eigenvalue weighted by Gasteiger charge is -2.03. The van der Waals surface area contributed by atoms with Gasteiger partial charge in [-0.3, -0.25) is 4.79 Å². The number of methoxy groups -OCH3 is 1. The fourth-order valence-electron chi connectivity index (χ4n) is 2.93. The van der Waals surface area contributed by atoms with Gasteiger partial charge in [0, 0.05) is 5.56 Å². The maximum absolute atomic E-state index is 12.3. The Morgan fingerprint density at radius 3 is 2.46 bits per heavy atom. The molecule has 0 fully saturated rings. The number of benzene rings is 3. The van der Waals surface area contributed by atoms with E-state index in [1.54, 1.807) is 13.2 Å². The third kappa shape index (κ3) is 3.09. The van der Waals surface area contributed by atoms with Gasteiger partial charge >= 0.3 is 0 Å². The molecule has 26 heavy (non-hydrogen) atoms. The van der Waals surface area contributed by atoms with Crippen molar-refractivity contribution >= 4 is 28.6 Å². The van der Waals surface area contributed by atoms with Crippen molar-refractivity contribution in [2.45, 2.75) is 6.92 Å². The second kappa shape index (κ2) is 6.48. The van der Waals surface area contributed by atoms with Crippen molar-refractivity contribution in [3.8, 4) is 5.75 Å². The molecule has 128 valence electrons. The summed E-state index contributed by atoms with van der Waals surface area (Å²) in [6.07, 6.45) is 1.81. The molecular formula is C22H18N2O2. The molecule has 1 aliphatic rings. The molecule has 3 aromatic carbocycles. The number of rotatable bonds is 3. The van der Waals surface area contributed by atoms with Crippen molar-refractivity contribution in [2.24, 2.45) is 4.99 Å². The molecule has 1 heterocycles. The maximum Gasteiger partial charge on any atom is 0.275 e. The zero-order valence-electron chi connectivity index (χ0n) is 14.6. The molecule has 1 N–H and O–H groups in total. The number of nitrogens with zero attached hydrogens (tertiary/aromatic N) is 1. The van der Waals surface area contributed by atoms with Crippen LogP contribution in [0.2, 0.25) is 0 Å². The number of nitrogens with one attached hydrogen (secondary N) is 1. The van der Waals surface area contributed by atoms with Crippen molar-refractivity contribution in [2.75, 3.05) is 7.11 Å². The summed E-state index contributed by atoms with van der Waals surface area (Å²) in [5, 5.41) is 5.01. The number of carbonyl (C=O) groups excluding carboxylic acids is 1. The highest BCUT2D eigenvalue weighted by atomic mass is 16.5. The number of amidine groups is 1. The van der Waals surface area contributed by atoms with Crippen LogP contribution in [0.15, 0.2) is 71.4 Å². The highest BCUT2D eigenvalue weighted by Gasteiger charge is 2.20. The molecule has 0 saturated carbocycles. The van der Waals surface area contributed by atoms with Crippen molar-refractivity contribution in [1.29, 1.82) is 0 Å². The molecule has 4 rings (SSSR count). The van der Waals surface area contributed by atoms with E-state index in [9.17, 15) is 4.79 Å². The summed E-state index contributed by atoms with van der Waals surface area (Å²) in [5.41, 5.74) is 3.41. The number of fused-ring (bicyclic) bond motifs is 1. The zero-order chi connectivity index (χ0) is 18.1. The van der Waals surface area contributed by atoms with Crippen LogP contribution >= 0.6 is 0 Å². The number of amides is 1. The molecule has 1 amide bonds. The molecule has 4 heteroatoms. The largest absolute Gasteiger partial charge is 0.497 e. The van der Waals surface area contributed by atoms with Crippen LogP contribution < -0.4 is 10.1 Å². The Bertz CT molecular complexity index is 1060. The fraction of sp³-hybridized carbons (Fsp3) is 0.0909. The van der Waals surface area contributed by atoms with Crippen LogP contribution in [-0.2, 0) is 4.79 Å². The van der Waals surface area contributed by atoms with Crippen molar-refractivity contribution in [1.82, 2.24) is 5.32 Å². The summed E-state index contributed by atoms with van der Waals surface area (Å²) in [6, 6.07) is 19.9. The van der Waals surface area contributed by atoms with E-state index in [1.807, 2.05) is 67.6 Å². The lowest BCUT2D eigenvalue weighted by Crippen LogP contribution is -2.24. The van der Waals surface area contributed by atoms with Crippen LogP contribution in [0, 0.1) is 6.92 Å². The summed E-state index contributed by atoms with van der Waals surface area (Å²) < 4.78 is 5.25. The van der Waals surface area contributed by atoms with E-state index in [0.717, 1.165) is 27.6 Å². The zero-order valence-corrected chi connectivity index (χ0v) is 14.6. The summed E-state index contributed by atoms with van der Waals surface area (Å²) in [7, 11) is 1.66. The van der Waals surface area contributed by atoms with Gasteiger partial charge in [-0.15, -0.1) is 0 Å². The smallest absolute Gasteiger partial charge is 0.275 e. The van der Waals surface area contributed by atoms with Gasteiger partial charge in [-0.1, -0.05) is 48.0 Å². The lowest BCUT2D eigenvalue weighted by atomic mass is 10.1. The highest BCUT2D eigenvalue weighted by Crippen LogP contribution is 2.23. The molecule has 0 saturated heterocycles. The number of carbonyl (C=O) groups is 1. The third-order valence-corrected chi connectivity index (χ3v) is 4.40. The molecule has 0 bridgehead atoms. The Kier molecular flexibility index (Phi) is 4.01. The average molecular weight is 342 g/mol. The topological polar surface area (TPSA) is 50.7 Å².